The van der Waals surface area contributed by atoms with E-state index in [1.165, 1.54) is 16.7 Å². The fraction of sp³-hybridized carbons (Fsp3) is 0.382. The largest absolute Gasteiger partial charge is 0.468 e. The van der Waals surface area contributed by atoms with Crippen molar-refractivity contribution in [3.8, 4) is 5.75 Å². The van der Waals surface area contributed by atoms with E-state index in [1.54, 1.807) is 0 Å². The number of nitrogens with one attached hydrogen (secondary N) is 2. The van der Waals surface area contributed by atoms with E-state index in [0.717, 1.165) is 61.2 Å². The Morgan fingerprint density at radius 1 is 1.15 bits per heavy atom. The maximum atomic E-state index is 13.0. The van der Waals surface area contributed by atoms with Crippen LogP contribution in [0, 0.1) is 11.3 Å². The highest BCUT2D eigenvalue weighted by atomic mass is 35.5. The van der Waals surface area contributed by atoms with Crippen molar-refractivity contribution in [1.82, 2.24) is 15.2 Å². The Morgan fingerprint density at radius 2 is 1.98 bits per heavy atom. The highest BCUT2D eigenvalue weighted by molar-refractivity contribution is 6.30. The smallest absolute Gasteiger partial charge is 0.230 e. The van der Waals surface area contributed by atoms with Crippen molar-refractivity contribution in [1.29, 1.82) is 0 Å². The van der Waals surface area contributed by atoms with Crippen LogP contribution in [0.25, 0.3) is 16.5 Å². The number of carbonyl (C=O) groups is 1. The number of fused-ring (bicyclic) bond motifs is 1. The lowest BCUT2D eigenvalue weighted by atomic mass is 9.71. The Bertz CT molecular complexity index is 1520. The van der Waals surface area contributed by atoms with E-state index in [2.05, 4.69) is 41.2 Å². The lowest BCUT2D eigenvalue weighted by Gasteiger charge is -2.51. The van der Waals surface area contributed by atoms with Crippen molar-refractivity contribution in [3.63, 3.8) is 0 Å². The predicted molar refractivity (Wildman–Crippen MR) is 167 cm³/mol. The molecule has 2 aliphatic carbocycles. The van der Waals surface area contributed by atoms with Crippen molar-refractivity contribution < 1.29 is 9.53 Å². The van der Waals surface area contributed by atoms with Gasteiger partial charge in [0, 0.05) is 47.8 Å². The zero-order chi connectivity index (χ0) is 28.6. The molecule has 7 heteroatoms. The normalized spacial score (nSPS) is 26.4. The number of carbonyl (C=O) groups excluding carboxylic acids is 1. The molecule has 0 bridgehead atoms. The van der Waals surface area contributed by atoms with E-state index in [0.29, 0.717) is 5.75 Å². The molecule has 3 aromatic rings. The molecule has 0 saturated carbocycles. The monoisotopic (exact) mass is 570 g/mol. The zero-order valence-electron chi connectivity index (χ0n) is 23.8. The molecule has 6 nitrogen and oxygen atoms in total. The number of H-pyrrole nitrogens is 1. The molecule has 0 radical (unpaired) electrons. The van der Waals surface area contributed by atoms with Gasteiger partial charge in [-0.05, 0) is 84.7 Å². The molecule has 214 valence electrons. The highest BCUT2D eigenvalue weighted by Crippen LogP contribution is 2.46. The van der Waals surface area contributed by atoms with Crippen LogP contribution in [-0.4, -0.2) is 47.2 Å². The quantitative estimate of drug-likeness (QED) is 0.305. The standard InChI is InChI=1S/C34H39ClN4O2/c1-33(2)15-12-24(29(21-33)23-6-8-26(35)9-7-23)19-27-22-37-17-18-39(27)34(14-4-3-5-30(34)32(36)40)41-28-10-11-31-25(20-28)13-16-38-31/h3-11,13-14,16,20,27,30,37-38H,12,15,17-19,21-22H2,1-2H3,(H2,36,40). The van der Waals surface area contributed by atoms with Crippen LogP contribution in [0.2, 0.25) is 5.02 Å². The van der Waals surface area contributed by atoms with Gasteiger partial charge in [0.1, 0.15) is 11.7 Å². The number of amides is 1. The van der Waals surface area contributed by atoms with E-state index in [-0.39, 0.29) is 11.5 Å². The molecule has 1 saturated heterocycles. The van der Waals surface area contributed by atoms with E-state index in [9.17, 15) is 4.79 Å². The van der Waals surface area contributed by atoms with Crippen molar-refractivity contribution in [3.05, 3.63) is 95.2 Å². The third-order valence-corrected chi connectivity index (χ3v) is 9.22. The first-order chi connectivity index (χ1) is 19.7. The number of aromatic amines is 1. The fourth-order valence-corrected chi connectivity index (χ4v) is 6.95. The average Bonchev–Trinajstić information content (AvgIpc) is 3.43. The molecule has 1 fully saturated rings. The van der Waals surface area contributed by atoms with Crippen LogP contribution in [0.1, 0.15) is 45.1 Å². The van der Waals surface area contributed by atoms with Crippen molar-refractivity contribution >= 4 is 34.0 Å². The number of aromatic nitrogens is 1. The number of nitrogens with two attached hydrogens (primary N) is 1. The number of primary amides is 1. The molecule has 1 aliphatic heterocycles. The van der Waals surface area contributed by atoms with Gasteiger partial charge in [-0.1, -0.05) is 61.4 Å². The maximum absolute atomic E-state index is 13.0. The lowest BCUT2D eigenvalue weighted by Crippen LogP contribution is -2.67. The first-order valence-electron chi connectivity index (χ1n) is 14.6. The number of hydrogen-bond donors (Lipinski definition) is 3. The number of hydrogen-bond acceptors (Lipinski definition) is 4. The summed E-state index contributed by atoms with van der Waals surface area (Å²) >= 11 is 6.25. The third-order valence-electron chi connectivity index (χ3n) is 8.97. The second-order valence-corrected chi connectivity index (χ2v) is 12.8. The summed E-state index contributed by atoms with van der Waals surface area (Å²) < 4.78 is 6.93. The van der Waals surface area contributed by atoms with Gasteiger partial charge >= 0.3 is 0 Å². The molecule has 41 heavy (non-hydrogen) atoms. The summed E-state index contributed by atoms with van der Waals surface area (Å²) in [5, 5.41) is 5.43. The van der Waals surface area contributed by atoms with Gasteiger partial charge in [-0.2, -0.15) is 0 Å². The lowest BCUT2D eigenvalue weighted by molar-refractivity contribution is -0.141. The number of allylic oxidation sites excluding steroid dienone is 3. The molecule has 3 atom stereocenters. The van der Waals surface area contributed by atoms with Crippen LogP contribution in [0.5, 0.6) is 5.75 Å². The van der Waals surface area contributed by atoms with Crippen molar-refractivity contribution in [2.75, 3.05) is 19.6 Å². The number of nitrogens with zero attached hydrogens (tertiary/aromatic N) is 1. The molecule has 0 spiro atoms. The molecule has 3 aliphatic rings. The second kappa shape index (κ2) is 11.2. The first-order valence-corrected chi connectivity index (χ1v) is 15.0. The number of benzene rings is 2. The minimum absolute atomic E-state index is 0.108. The van der Waals surface area contributed by atoms with Crippen LogP contribution in [0.3, 0.4) is 0 Å². The highest BCUT2D eigenvalue weighted by Gasteiger charge is 2.50. The first kappa shape index (κ1) is 27.8. The number of piperazine rings is 1. The molecular formula is C34H39ClN4O2. The van der Waals surface area contributed by atoms with Crippen LogP contribution in [0.4, 0.5) is 0 Å². The SMILES string of the molecule is CC1(C)CCC(CC2CNCCN2C2(Oc3ccc4[nH]ccc4c3)C=CC=CC2C(N)=O)=C(c2ccc(Cl)cc2)C1. The van der Waals surface area contributed by atoms with Gasteiger partial charge < -0.3 is 20.8 Å². The summed E-state index contributed by atoms with van der Waals surface area (Å²) in [4.78, 5) is 18.6. The van der Waals surface area contributed by atoms with Gasteiger partial charge in [-0.25, -0.2) is 0 Å². The topological polar surface area (TPSA) is 83.4 Å². The molecule has 2 heterocycles. The van der Waals surface area contributed by atoms with Crippen LogP contribution in [-0.2, 0) is 4.79 Å². The second-order valence-electron chi connectivity index (χ2n) is 12.4. The maximum Gasteiger partial charge on any atom is 0.230 e. The van der Waals surface area contributed by atoms with Gasteiger partial charge in [0.25, 0.3) is 0 Å². The van der Waals surface area contributed by atoms with Gasteiger partial charge in [0.15, 0.2) is 5.72 Å². The molecule has 4 N–H and O–H groups in total. The summed E-state index contributed by atoms with van der Waals surface area (Å²) in [6, 6.07) is 16.4. The van der Waals surface area contributed by atoms with Crippen LogP contribution >= 0.6 is 11.6 Å². The van der Waals surface area contributed by atoms with Gasteiger partial charge in [0.05, 0.1) is 0 Å². The number of ether oxygens (including phenoxy) is 1. The molecule has 3 unspecified atom stereocenters. The van der Waals surface area contributed by atoms with E-state index in [1.807, 2.05) is 66.9 Å². The minimum atomic E-state index is -1.04. The predicted octanol–water partition coefficient (Wildman–Crippen LogP) is 6.45. The summed E-state index contributed by atoms with van der Waals surface area (Å²) in [7, 11) is 0. The Labute approximate surface area is 247 Å². The Kier molecular flexibility index (Phi) is 7.58. The van der Waals surface area contributed by atoms with Crippen LogP contribution < -0.4 is 15.8 Å². The average molecular weight is 571 g/mol. The zero-order valence-corrected chi connectivity index (χ0v) is 24.6. The van der Waals surface area contributed by atoms with Crippen molar-refractivity contribution in [2.24, 2.45) is 17.1 Å². The van der Waals surface area contributed by atoms with E-state index in [4.69, 9.17) is 22.1 Å². The Hall–Kier alpha value is -3.32. The Balaban J connectivity index is 1.40. The molecular weight excluding hydrogens is 532 g/mol. The Morgan fingerprint density at radius 3 is 2.78 bits per heavy atom. The molecule has 1 amide bonds. The summed E-state index contributed by atoms with van der Waals surface area (Å²) in [5.41, 5.74) is 10.4. The third kappa shape index (κ3) is 5.61. The van der Waals surface area contributed by atoms with Crippen LogP contribution in [0.15, 0.2) is 84.6 Å². The van der Waals surface area contributed by atoms with Gasteiger partial charge in [-0.15, -0.1) is 0 Å². The van der Waals surface area contributed by atoms with Gasteiger partial charge in [-0.3, -0.25) is 9.69 Å². The number of halogens is 1. The summed E-state index contributed by atoms with van der Waals surface area (Å²) in [6.45, 7) is 7.04. The van der Waals surface area contributed by atoms with Gasteiger partial charge in [0.2, 0.25) is 5.91 Å². The summed E-state index contributed by atoms with van der Waals surface area (Å²) in [6.07, 6.45) is 13.8. The fourth-order valence-electron chi connectivity index (χ4n) is 6.83. The van der Waals surface area contributed by atoms with Crippen molar-refractivity contribution in [2.45, 2.75) is 51.3 Å². The van der Waals surface area contributed by atoms with E-state index < -0.39 is 17.6 Å². The minimum Gasteiger partial charge on any atom is -0.468 e. The molecule has 1 aromatic heterocycles. The number of rotatable bonds is 7. The molecule has 2 aromatic carbocycles. The summed E-state index contributed by atoms with van der Waals surface area (Å²) in [5.74, 6) is -0.322. The van der Waals surface area contributed by atoms with E-state index >= 15 is 0 Å². The molecule has 6 rings (SSSR count).